The van der Waals surface area contributed by atoms with Gasteiger partial charge in [0.15, 0.2) is 0 Å². The van der Waals surface area contributed by atoms with E-state index >= 15 is 0 Å². The summed E-state index contributed by atoms with van der Waals surface area (Å²) in [6, 6.07) is 1.59. The average molecular weight is 197 g/mol. The molecule has 0 aromatic carbocycles. The molecular weight excluding hydrogens is 174 g/mol. The number of hydrogen-bond acceptors (Lipinski definition) is 3. The van der Waals surface area contributed by atoms with Crippen LogP contribution in [-0.2, 0) is 0 Å². The number of nitrogens with zero attached hydrogens (tertiary/aromatic N) is 2. The molecule has 2 fully saturated rings. The summed E-state index contributed by atoms with van der Waals surface area (Å²) >= 11 is 0. The number of hydrogen-bond donors (Lipinski definition) is 1. The second-order valence-electron chi connectivity index (χ2n) is 4.86. The summed E-state index contributed by atoms with van der Waals surface area (Å²) in [5, 5.41) is 3.57. The highest BCUT2D eigenvalue weighted by molar-refractivity contribution is 4.82. The van der Waals surface area contributed by atoms with Crippen LogP contribution >= 0.6 is 0 Å². The van der Waals surface area contributed by atoms with Crippen LogP contribution in [0, 0.1) is 0 Å². The van der Waals surface area contributed by atoms with E-state index in [0.717, 1.165) is 12.1 Å². The summed E-state index contributed by atoms with van der Waals surface area (Å²) in [5.74, 6) is 0. The molecule has 1 aliphatic heterocycles. The summed E-state index contributed by atoms with van der Waals surface area (Å²) in [4.78, 5) is 5.03. The smallest absolute Gasteiger partial charge is 0.0192 e. The highest BCUT2D eigenvalue weighted by atomic mass is 15.3. The number of likely N-dealkylation sites (N-methyl/N-ethyl adjacent to an activating group) is 1. The lowest BCUT2D eigenvalue weighted by atomic mass is 10.2. The maximum atomic E-state index is 3.57. The van der Waals surface area contributed by atoms with Crippen LogP contribution in [0.2, 0.25) is 0 Å². The van der Waals surface area contributed by atoms with Gasteiger partial charge in [-0.2, -0.15) is 0 Å². The molecule has 3 nitrogen and oxygen atoms in total. The zero-order chi connectivity index (χ0) is 9.97. The summed E-state index contributed by atoms with van der Waals surface area (Å²) in [6.45, 7) is 8.44. The third kappa shape index (κ3) is 2.94. The van der Waals surface area contributed by atoms with E-state index < -0.39 is 0 Å². The van der Waals surface area contributed by atoms with Crippen molar-refractivity contribution in [3.05, 3.63) is 0 Å². The van der Waals surface area contributed by atoms with Crippen molar-refractivity contribution in [2.45, 2.75) is 31.8 Å². The first-order valence-corrected chi connectivity index (χ1v) is 5.91. The average Bonchev–Trinajstić information content (AvgIpc) is 2.95. The first-order chi connectivity index (χ1) is 6.75. The Bertz CT molecular complexity index is 179. The van der Waals surface area contributed by atoms with Crippen LogP contribution in [0.4, 0.5) is 0 Å². The van der Waals surface area contributed by atoms with Crippen LogP contribution in [0.25, 0.3) is 0 Å². The van der Waals surface area contributed by atoms with E-state index in [4.69, 9.17) is 0 Å². The Kier molecular flexibility index (Phi) is 3.42. The van der Waals surface area contributed by atoms with Crippen LogP contribution < -0.4 is 5.32 Å². The fraction of sp³-hybridized carbons (Fsp3) is 1.00. The van der Waals surface area contributed by atoms with Crippen LogP contribution in [0.1, 0.15) is 19.8 Å². The molecular formula is C11H23N3. The first kappa shape index (κ1) is 10.4. The van der Waals surface area contributed by atoms with Crippen LogP contribution in [-0.4, -0.2) is 61.7 Å². The predicted molar refractivity (Wildman–Crippen MR) is 59.6 cm³/mol. The SMILES string of the molecule is CC1CN(CCNC2CC2)CCN1C. The second kappa shape index (κ2) is 4.60. The fourth-order valence-corrected chi connectivity index (χ4v) is 2.04. The van der Waals surface area contributed by atoms with Gasteiger partial charge in [0.1, 0.15) is 0 Å². The molecule has 0 amide bonds. The minimum absolute atomic E-state index is 0.727. The van der Waals surface area contributed by atoms with E-state index in [1.54, 1.807) is 0 Å². The first-order valence-electron chi connectivity index (χ1n) is 5.91. The molecule has 1 unspecified atom stereocenters. The van der Waals surface area contributed by atoms with Crippen molar-refractivity contribution in [2.75, 3.05) is 39.8 Å². The van der Waals surface area contributed by atoms with Crippen molar-refractivity contribution in [1.82, 2.24) is 15.1 Å². The molecule has 1 saturated heterocycles. The second-order valence-corrected chi connectivity index (χ2v) is 4.86. The number of piperazine rings is 1. The molecule has 1 aliphatic carbocycles. The topological polar surface area (TPSA) is 18.5 Å². The Morgan fingerprint density at radius 1 is 1.29 bits per heavy atom. The molecule has 3 heteroatoms. The van der Waals surface area contributed by atoms with Gasteiger partial charge < -0.3 is 10.2 Å². The molecule has 0 aromatic rings. The Labute approximate surface area is 87.4 Å². The highest BCUT2D eigenvalue weighted by Gasteiger charge is 2.22. The molecule has 1 N–H and O–H groups in total. The van der Waals surface area contributed by atoms with E-state index in [0.29, 0.717) is 0 Å². The molecule has 14 heavy (non-hydrogen) atoms. The molecule has 1 atom stereocenters. The van der Waals surface area contributed by atoms with Crippen LogP contribution in [0.3, 0.4) is 0 Å². The van der Waals surface area contributed by atoms with Crippen molar-refractivity contribution in [2.24, 2.45) is 0 Å². The molecule has 0 radical (unpaired) electrons. The summed E-state index contributed by atoms with van der Waals surface area (Å²) in [5.41, 5.74) is 0. The summed E-state index contributed by atoms with van der Waals surface area (Å²) in [7, 11) is 2.23. The maximum absolute atomic E-state index is 3.57. The quantitative estimate of drug-likeness (QED) is 0.703. The molecule has 0 aromatic heterocycles. The lowest BCUT2D eigenvalue weighted by molar-refractivity contribution is 0.106. The molecule has 82 valence electrons. The molecule has 2 aliphatic rings. The summed E-state index contributed by atoms with van der Waals surface area (Å²) in [6.07, 6.45) is 2.80. The zero-order valence-electron chi connectivity index (χ0n) is 9.50. The largest absolute Gasteiger partial charge is 0.313 e. The minimum atomic E-state index is 0.727. The number of nitrogens with one attached hydrogen (secondary N) is 1. The van der Waals surface area contributed by atoms with Gasteiger partial charge in [-0.25, -0.2) is 0 Å². The lowest BCUT2D eigenvalue weighted by Crippen LogP contribution is -2.51. The molecule has 2 rings (SSSR count). The van der Waals surface area contributed by atoms with Gasteiger partial charge in [-0.3, -0.25) is 4.90 Å². The van der Waals surface area contributed by atoms with Gasteiger partial charge >= 0.3 is 0 Å². The van der Waals surface area contributed by atoms with Crippen LogP contribution in [0.15, 0.2) is 0 Å². The molecule has 0 spiro atoms. The highest BCUT2D eigenvalue weighted by Crippen LogP contribution is 2.18. The van der Waals surface area contributed by atoms with Crippen molar-refractivity contribution in [3.63, 3.8) is 0 Å². The van der Waals surface area contributed by atoms with Gasteiger partial charge in [0.2, 0.25) is 0 Å². The van der Waals surface area contributed by atoms with Crippen molar-refractivity contribution >= 4 is 0 Å². The van der Waals surface area contributed by atoms with E-state index in [-0.39, 0.29) is 0 Å². The normalized spacial score (nSPS) is 30.9. The van der Waals surface area contributed by atoms with Gasteiger partial charge in [-0.15, -0.1) is 0 Å². The maximum Gasteiger partial charge on any atom is 0.0192 e. The predicted octanol–water partition coefficient (Wildman–Crippen LogP) is 0.374. The zero-order valence-corrected chi connectivity index (χ0v) is 9.50. The Hall–Kier alpha value is -0.120. The van der Waals surface area contributed by atoms with Gasteiger partial charge in [0.05, 0.1) is 0 Å². The monoisotopic (exact) mass is 197 g/mol. The van der Waals surface area contributed by atoms with E-state index in [1.165, 1.54) is 45.6 Å². The van der Waals surface area contributed by atoms with Gasteiger partial charge in [0.25, 0.3) is 0 Å². The molecule has 1 heterocycles. The van der Waals surface area contributed by atoms with E-state index in [1.807, 2.05) is 0 Å². The Balaban J connectivity index is 1.60. The van der Waals surface area contributed by atoms with Crippen molar-refractivity contribution in [3.8, 4) is 0 Å². The third-order valence-electron chi connectivity index (χ3n) is 3.48. The lowest BCUT2D eigenvalue weighted by Gasteiger charge is -2.37. The Morgan fingerprint density at radius 2 is 2.07 bits per heavy atom. The standard InChI is InChI=1S/C11H23N3/c1-10-9-14(8-7-13(10)2)6-5-12-11-3-4-11/h10-12H,3-9H2,1-2H3. The molecule has 0 bridgehead atoms. The minimum Gasteiger partial charge on any atom is -0.313 e. The van der Waals surface area contributed by atoms with Crippen molar-refractivity contribution < 1.29 is 0 Å². The molecule has 1 saturated carbocycles. The number of rotatable bonds is 4. The van der Waals surface area contributed by atoms with Crippen LogP contribution in [0.5, 0.6) is 0 Å². The third-order valence-corrected chi connectivity index (χ3v) is 3.48. The van der Waals surface area contributed by atoms with Gasteiger partial charge in [0, 0.05) is 44.8 Å². The fourth-order valence-electron chi connectivity index (χ4n) is 2.04. The van der Waals surface area contributed by atoms with Gasteiger partial charge in [-0.1, -0.05) is 0 Å². The Morgan fingerprint density at radius 3 is 2.71 bits per heavy atom. The van der Waals surface area contributed by atoms with Gasteiger partial charge in [-0.05, 0) is 26.8 Å². The van der Waals surface area contributed by atoms with E-state index in [2.05, 4.69) is 29.1 Å². The van der Waals surface area contributed by atoms with E-state index in [9.17, 15) is 0 Å². The summed E-state index contributed by atoms with van der Waals surface area (Å²) < 4.78 is 0. The van der Waals surface area contributed by atoms with Crippen molar-refractivity contribution in [1.29, 1.82) is 0 Å².